The van der Waals surface area contributed by atoms with Gasteiger partial charge in [0.2, 0.25) is 0 Å². The van der Waals surface area contributed by atoms with Gasteiger partial charge in [-0.2, -0.15) is 61.8 Å². The Morgan fingerprint density at radius 3 is 0.765 bits per heavy atom. The van der Waals surface area contributed by atoms with Crippen LogP contribution in [0.2, 0.25) is 0 Å². The lowest BCUT2D eigenvalue weighted by molar-refractivity contribution is -0.319. The highest BCUT2D eigenvalue weighted by Crippen LogP contribution is 2.19. The molecule has 0 saturated carbocycles. The minimum absolute atomic E-state index is 0.979. The smallest absolute Gasteiger partial charge is 0.304 e. The van der Waals surface area contributed by atoms with E-state index < -0.39 is 41.5 Å². The Morgan fingerprint density at radius 1 is 0.441 bits per heavy atom. The average Bonchev–Trinajstić information content (AvgIpc) is 2.87. The van der Waals surface area contributed by atoms with E-state index in [-0.39, 0.29) is 0 Å². The van der Waals surface area contributed by atoms with Crippen molar-refractivity contribution < 1.29 is 43.5 Å². The van der Waals surface area contributed by atoms with Crippen LogP contribution in [0.15, 0.2) is 0 Å². The van der Waals surface area contributed by atoms with Crippen LogP contribution in [0, 0.1) is 118 Å². The number of carbonyl (C=O) groups excluding carboxylic acids is 3. The first-order valence-electron chi connectivity index (χ1n) is 7.44. The molecule has 0 atom stereocenters. The van der Waals surface area contributed by atoms with E-state index in [2.05, 4.69) is 29.1 Å². The maximum absolute atomic E-state index is 11.7. The van der Waals surface area contributed by atoms with Crippen LogP contribution in [-0.4, -0.2) is 25.2 Å². The van der Waals surface area contributed by atoms with E-state index in [1.54, 1.807) is 0 Å². The number of carbonyl (C=O) groups is 3. The monoisotopic (exact) mass is 461 g/mol. The van der Waals surface area contributed by atoms with Crippen molar-refractivity contribution in [1.29, 1.82) is 47.4 Å². The molecule has 0 aliphatic rings. The summed E-state index contributed by atoms with van der Waals surface area (Å²) in [7, 11) is -2.90. The minimum Gasteiger partial charge on any atom is -0.304 e. The van der Waals surface area contributed by atoms with Gasteiger partial charge in [0.1, 0.15) is 54.6 Å². The highest BCUT2D eigenvalue weighted by Gasteiger charge is 2.48. The second-order valence-corrected chi connectivity index (χ2v) is 4.95. The molecule has 0 aromatic carbocycles. The van der Waals surface area contributed by atoms with Gasteiger partial charge in [0, 0.05) is 0 Å². The average molecular weight is 461 g/mol. The summed E-state index contributed by atoms with van der Waals surface area (Å²) in [5, 5.41) is 78.9. The summed E-state index contributed by atoms with van der Waals surface area (Å²) in [5.74, 6) is -6.05. The van der Waals surface area contributed by atoms with Gasteiger partial charge in [-0.05, 0) is 0 Å². The summed E-state index contributed by atoms with van der Waals surface area (Å²) in [6.07, 6.45) is 0. The quantitative estimate of drug-likeness (QED) is 0.205. The predicted molar refractivity (Wildman–Crippen MR) is 85.1 cm³/mol. The zero-order valence-corrected chi connectivity index (χ0v) is 15.8. The van der Waals surface area contributed by atoms with E-state index in [1.165, 1.54) is 0 Å². The van der Waals surface area contributed by atoms with Crippen molar-refractivity contribution in [2.45, 2.75) is 0 Å². The van der Waals surface area contributed by atoms with Crippen LogP contribution in [-0.2, 0) is 43.5 Å². The molecule has 0 fully saturated rings. The van der Waals surface area contributed by atoms with E-state index >= 15 is 0 Å². The molecule has 0 unspecified atom stereocenters. The number of rotatable bonds is 9. The van der Waals surface area contributed by atoms with Crippen LogP contribution < -0.4 is 0 Å². The van der Waals surface area contributed by atoms with Gasteiger partial charge in [-0.25, -0.2) is 14.4 Å². The van der Waals surface area contributed by atoms with Crippen LogP contribution >= 0.6 is 0 Å². The van der Waals surface area contributed by atoms with E-state index in [0.29, 0.717) is 0 Å². The van der Waals surface area contributed by atoms with Gasteiger partial charge in [0.25, 0.3) is 0 Å². The van der Waals surface area contributed by atoms with E-state index in [1.807, 2.05) is 0 Å². The minimum atomic E-state index is -3.09. The van der Waals surface area contributed by atoms with Crippen LogP contribution in [0.4, 0.5) is 0 Å². The third-order valence-electron chi connectivity index (χ3n) is 3.04. The summed E-state index contributed by atoms with van der Waals surface area (Å²) in [4.78, 5) is 59.1. The Kier molecular flexibility index (Phi) is 9.66. The maximum Gasteiger partial charge on any atom is 0.754 e. The van der Waals surface area contributed by atoms with Gasteiger partial charge < -0.3 is 14.7 Å². The molecule has 0 radical (unpaired) electrons. The predicted octanol–water partition coefficient (Wildman–Crippen LogP) is -1.93. The van der Waals surface area contributed by atoms with Crippen LogP contribution in [0.3, 0.4) is 0 Å². The Bertz CT molecular complexity index is 1000. The molecule has 0 aliphatic heterocycles. The van der Waals surface area contributed by atoms with Crippen molar-refractivity contribution in [3.63, 3.8) is 0 Å². The number of nitrogens with zero attached hydrogens (tertiary/aromatic N) is 9. The second-order valence-electron chi connectivity index (χ2n) is 4.95. The number of hydrogen-bond donors (Lipinski definition) is 0. The maximum atomic E-state index is 11.7. The fourth-order valence-electron chi connectivity index (χ4n) is 1.12. The molecule has 19 heteroatoms. The molecule has 0 spiro atoms. The molecule has 0 saturated heterocycles. The second kappa shape index (κ2) is 11.8. The van der Waals surface area contributed by atoms with Gasteiger partial charge in [-0.1, -0.05) is 0 Å². The van der Waals surface area contributed by atoms with Crippen molar-refractivity contribution in [3.05, 3.63) is 0 Å². The van der Waals surface area contributed by atoms with Crippen molar-refractivity contribution in [2.24, 2.45) is 16.2 Å². The third kappa shape index (κ3) is 5.47. The Labute approximate surface area is 187 Å². The molecule has 0 amide bonds. The van der Waals surface area contributed by atoms with E-state index in [4.69, 9.17) is 47.4 Å². The molecule has 0 bridgehead atoms. The molecule has 0 heterocycles. The zero-order valence-electron chi connectivity index (χ0n) is 15.8. The largest absolute Gasteiger partial charge is 0.754 e. The molecule has 18 nitrogen and oxygen atoms in total. The lowest BCUT2D eigenvalue weighted by Gasteiger charge is -2.14. The van der Waals surface area contributed by atoms with Crippen LogP contribution in [0.1, 0.15) is 0 Å². The van der Waals surface area contributed by atoms with Crippen LogP contribution in [0.25, 0.3) is 0 Å². The Balaban J connectivity index is 5.73. The molecular formula is C15BN9O9. The first-order chi connectivity index (χ1) is 16.1. The van der Waals surface area contributed by atoms with Gasteiger partial charge in [0.15, 0.2) is 0 Å². The van der Waals surface area contributed by atoms with E-state index in [0.717, 1.165) is 54.6 Å². The highest BCUT2D eigenvalue weighted by atomic mass is 17.3. The lowest BCUT2D eigenvalue weighted by Crippen LogP contribution is -2.38. The highest BCUT2D eigenvalue weighted by molar-refractivity contribution is 6.35. The fraction of sp³-hybridized carbons (Fsp3) is 0.200. The molecule has 0 rings (SSSR count). The normalized spacial score (nSPS) is 9.62. The molecule has 0 aliphatic carbocycles. The zero-order chi connectivity index (χ0) is 26.4. The van der Waals surface area contributed by atoms with Crippen molar-refractivity contribution in [3.8, 4) is 54.6 Å². The lowest BCUT2D eigenvalue weighted by atomic mass is 9.95. The molecule has 0 N–H and O–H groups in total. The van der Waals surface area contributed by atoms with Gasteiger partial charge in [-0.3, -0.25) is 0 Å². The van der Waals surface area contributed by atoms with E-state index in [9.17, 15) is 14.4 Å². The van der Waals surface area contributed by atoms with Crippen molar-refractivity contribution in [1.82, 2.24) is 0 Å². The number of nitriles is 9. The number of hydrogen-bond acceptors (Lipinski definition) is 18. The molecular weight excluding hydrogens is 461 g/mol. The summed E-state index contributed by atoms with van der Waals surface area (Å²) < 4.78 is 0. The molecule has 162 valence electrons. The Morgan fingerprint density at radius 2 is 0.618 bits per heavy atom. The summed E-state index contributed by atoms with van der Waals surface area (Å²) >= 11 is 0. The molecule has 0 aromatic rings. The summed E-state index contributed by atoms with van der Waals surface area (Å²) in [5.41, 5.74) is -9.27. The van der Waals surface area contributed by atoms with Crippen LogP contribution in [0.5, 0.6) is 0 Å². The van der Waals surface area contributed by atoms with Gasteiger partial charge >= 0.3 is 41.5 Å². The molecule has 34 heavy (non-hydrogen) atoms. The Hall–Kier alpha value is -6.24. The first kappa shape index (κ1) is 27.8. The third-order valence-corrected chi connectivity index (χ3v) is 3.04. The standard InChI is InChI=1S/C15BN9O9/c17-1-13(2-18,3-19)10(26)29-32-16(33-30-11(27)14(4-20,5-21)6-22)34-31-12(28)15(7-23,8-24)9-25. The topological polar surface area (TPSA) is 321 Å². The molecule has 0 aromatic heterocycles. The fourth-order valence-corrected chi connectivity index (χ4v) is 1.12. The summed E-state index contributed by atoms with van der Waals surface area (Å²) in [6, 6.07) is 8.81. The van der Waals surface area contributed by atoms with Crippen molar-refractivity contribution in [2.75, 3.05) is 0 Å². The van der Waals surface area contributed by atoms with Gasteiger partial charge in [0.05, 0.1) is 0 Å². The van der Waals surface area contributed by atoms with Gasteiger partial charge in [-0.15, -0.1) is 0 Å². The SMILES string of the molecule is N#CC(C#N)(C#N)C(=O)OOB(OOC(=O)C(C#N)(C#N)C#N)OOC(=O)C(C#N)(C#N)C#N. The van der Waals surface area contributed by atoms with Crippen molar-refractivity contribution >= 4 is 25.2 Å². The summed E-state index contributed by atoms with van der Waals surface area (Å²) in [6.45, 7) is 0. The first-order valence-corrected chi connectivity index (χ1v) is 7.44.